The molecule has 0 aromatic heterocycles. The zero-order valence-electron chi connectivity index (χ0n) is 7.93. The monoisotopic (exact) mass is 207 g/mol. The number of nitrogens with zero attached hydrogens (tertiary/aromatic N) is 4. The van der Waals surface area contributed by atoms with Gasteiger partial charge in [-0.05, 0) is 7.05 Å². The van der Waals surface area contributed by atoms with Crippen LogP contribution in [-0.2, 0) is 4.79 Å². The van der Waals surface area contributed by atoms with Crippen molar-refractivity contribution in [3.63, 3.8) is 0 Å². The number of amidine groups is 1. The van der Waals surface area contributed by atoms with E-state index in [4.69, 9.17) is 11.5 Å². The highest BCUT2D eigenvalue weighted by Crippen LogP contribution is 2.17. The van der Waals surface area contributed by atoms with Crippen LogP contribution >= 0.6 is 0 Å². The van der Waals surface area contributed by atoms with Crippen LogP contribution in [-0.4, -0.2) is 42.5 Å². The Morgan fingerprint density at radius 1 is 1.60 bits per heavy atom. The van der Waals surface area contributed by atoms with Crippen molar-refractivity contribution in [2.75, 3.05) is 7.05 Å². The van der Waals surface area contributed by atoms with E-state index in [1.54, 1.807) is 0 Å². The Balaban J connectivity index is 2.59. The van der Waals surface area contributed by atoms with Crippen molar-refractivity contribution < 1.29 is 4.79 Å². The largest absolute Gasteiger partial charge is 0.368 e. The van der Waals surface area contributed by atoms with Crippen LogP contribution in [0.2, 0.25) is 0 Å². The second kappa shape index (κ2) is 2.95. The maximum atomic E-state index is 11.4. The minimum Gasteiger partial charge on any atom is -0.368 e. The fourth-order valence-electron chi connectivity index (χ4n) is 1.42. The SMILES string of the molecule is CNC1(C(N)=O)N=C(N)N=C2N=CN=C21. The molecule has 0 saturated heterocycles. The lowest BCUT2D eigenvalue weighted by molar-refractivity contribution is -0.121. The van der Waals surface area contributed by atoms with Gasteiger partial charge in [-0.15, -0.1) is 0 Å². The summed E-state index contributed by atoms with van der Waals surface area (Å²) in [6.45, 7) is 0. The van der Waals surface area contributed by atoms with Crippen LogP contribution in [0.5, 0.6) is 0 Å². The fraction of sp³-hybridized carbons (Fsp3) is 0.286. The van der Waals surface area contributed by atoms with Crippen molar-refractivity contribution >= 4 is 29.8 Å². The summed E-state index contributed by atoms with van der Waals surface area (Å²) in [6, 6.07) is 0. The standard InChI is InChI=1S/C7H9N7O/c1-10-7(5(8)15)3-4(12-2-11-3)13-6(9)14-7/h2,10H,1H3,(H2,8,15)(H2,9,14). The smallest absolute Gasteiger partial charge is 0.267 e. The number of amides is 1. The number of carbonyl (C=O) groups excluding carboxylic acids is 1. The Kier molecular flexibility index (Phi) is 1.86. The van der Waals surface area contributed by atoms with Crippen LogP contribution in [0, 0.1) is 0 Å². The summed E-state index contributed by atoms with van der Waals surface area (Å²) in [5.74, 6) is -0.503. The number of primary amides is 1. The molecule has 8 nitrogen and oxygen atoms in total. The van der Waals surface area contributed by atoms with E-state index >= 15 is 0 Å². The first-order valence-corrected chi connectivity index (χ1v) is 4.14. The minimum absolute atomic E-state index is 0.0591. The highest BCUT2D eigenvalue weighted by Gasteiger charge is 2.46. The van der Waals surface area contributed by atoms with Gasteiger partial charge in [0.25, 0.3) is 5.91 Å². The fourth-order valence-corrected chi connectivity index (χ4v) is 1.42. The van der Waals surface area contributed by atoms with Crippen molar-refractivity contribution in [2.24, 2.45) is 31.4 Å². The summed E-state index contributed by atoms with van der Waals surface area (Å²) in [7, 11) is 1.53. The van der Waals surface area contributed by atoms with E-state index in [0.717, 1.165) is 0 Å². The molecule has 1 atom stereocenters. The van der Waals surface area contributed by atoms with Crippen LogP contribution in [0.4, 0.5) is 0 Å². The second-order valence-electron chi connectivity index (χ2n) is 2.95. The number of guanidine groups is 1. The molecule has 5 N–H and O–H groups in total. The Hall–Kier alpha value is -2.09. The van der Waals surface area contributed by atoms with Crippen molar-refractivity contribution in [3.8, 4) is 0 Å². The molecule has 15 heavy (non-hydrogen) atoms. The zero-order chi connectivity index (χ0) is 11.1. The minimum atomic E-state index is -1.46. The summed E-state index contributed by atoms with van der Waals surface area (Å²) in [5, 5.41) is 2.69. The third-order valence-corrected chi connectivity index (χ3v) is 2.14. The number of nitrogens with one attached hydrogen (secondary N) is 1. The molecule has 0 aromatic rings. The van der Waals surface area contributed by atoms with Gasteiger partial charge in [0.1, 0.15) is 12.1 Å². The molecular formula is C7H9N7O. The first-order chi connectivity index (χ1) is 7.10. The van der Waals surface area contributed by atoms with Gasteiger partial charge in [0.2, 0.25) is 11.6 Å². The maximum absolute atomic E-state index is 11.4. The zero-order valence-corrected chi connectivity index (χ0v) is 7.93. The number of carbonyl (C=O) groups is 1. The van der Waals surface area contributed by atoms with Gasteiger partial charge in [-0.2, -0.15) is 4.99 Å². The average Bonchev–Trinajstić information content (AvgIpc) is 2.63. The lowest BCUT2D eigenvalue weighted by Crippen LogP contribution is -2.62. The van der Waals surface area contributed by atoms with Crippen LogP contribution in [0.3, 0.4) is 0 Å². The van der Waals surface area contributed by atoms with Crippen molar-refractivity contribution in [2.45, 2.75) is 5.66 Å². The molecule has 2 aliphatic rings. The lowest BCUT2D eigenvalue weighted by atomic mass is 10.0. The molecule has 0 fully saturated rings. The van der Waals surface area contributed by atoms with E-state index in [9.17, 15) is 4.79 Å². The number of hydrogen-bond donors (Lipinski definition) is 3. The summed E-state index contributed by atoms with van der Waals surface area (Å²) in [6.07, 6.45) is 1.28. The van der Waals surface area contributed by atoms with Crippen molar-refractivity contribution in [3.05, 3.63) is 0 Å². The quantitative estimate of drug-likeness (QED) is 0.466. The molecule has 0 radical (unpaired) electrons. The predicted molar refractivity (Wildman–Crippen MR) is 56.0 cm³/mol. The van der Waals surface area contributed by atoms with Gasteiger partial charge < -0.3 is 11.5 Å². The van der Waals surface area contributed by atoms with Crippen LogP contribution in [0.1, 0.15) is 0 Å². The number of aliphatic imine (C=N–C) groups is 4. The van der Waals surface area contributed by atoms with Gasteiger partial charge in [-0.3, -0.25) is 10.1 Å². The molecular weight excluding hydrogens is 198 g/mol. The van der Waals surface area contributed by atoms with Gasteiger partial charge >= 0.3 is 0 Å². The van der Waals surface area contributed by atoms with Gasteiger partial charge in [-0.1, -0.05) is 0 Å². The topological polar surface area (TPSA) is 131 Å². The number of hydrogen-bond acceptors (Lipinski definition) is 7. The molecule has 0 spiro atoms. The first kappa shape index (κ1) is 9.46. The van der Waals surface area contributed by atoms with Crippen LogP contribution in [0.25, 0.3) is 0 Å². The molecule has 2 aliphatic heterocycles. The molecule has 0 bridgehead atoms. The number of rotatable bonds is 2. The highest BCUT2D eigenvalue weighted by molar-refractivity contribution is 6.54. The normalized spacial score (nSPS) is 27.9. The lowest BCUT2D eigenvalue weighted by Gasteiger charge is -2.27. The van der Waals surface area contributed by atoms with E-state index in [1.807, 2.05) is 0 Å². The van der Waals surface area contributed by atoms with E-state index in [1.165, 1.54) is 13.4 Å². The van der Waals surface area contributed by atoms with E-state index in [-0.39, 0.29) is 17.5 Å². The van der Waals surface area contributed by atoms with Crippen molar-refractivity contribution in [1.29, 1.82) is 0 Å². The Labute approximate surface area is 84.9 Å². The second-order valence-corrected chi connectivity index (χ2v) is 2.95. The van der Waals surface area contributed by atoms with Crippen LogP contribution < -0.4 is 16.8 Å². The van der Waals surface area contributed by atoms with Gasteiger partial charge in [0.05, 0.1) is 0 Å². The van der Waals surface area contributed by atoms with E-state index < -0.39 is 11.6 Å². The summed E-state index contributed by atoms with van der Waals surface area (Å²) >= 11 is 0. The third-order valence-electron chi connectivity index (χ3n) is 2.14. The van der Waals surface area contributed by atoms with Gasteiger partial charge in [-0.25, -0.2) is 15.0 Å². The number of fused-ring (bicyclic) bond motifs is 1. The number of nitrogens with two attached hydrogens (primary N) is 2. The van der Waals surface area contributed by atoms with E-state index in [0.29, 0.717) is 0 Å². The summed E-state index contributed by atoms with van der Waals surface area (Å²) in [5.41, 5.74) is 9.55. The molecule has 78 valence electrons. The third kappa shape index (κ3) is 1.15. The molecule has 0 aliphatic carbocycles. The Morgan fingerprint density at radius 2 is 2.33 bits per heavy atom. The molecule has 2 rings (SSSR count). The predicted octanol–water partition coefficient (Wildman–Crippen LogP) is -2.40. The molecule has 1 amide bonds. The highest BCUT2D eigenvalue weighted by atomic mass is 16.2. The number of likely N-dealkylation sites (N-methyl/N-ethyl adjacent to an activating group) is 1. The van der Waals surface area contributed by atoms with Crippen molar-refractivity contribution in [1.82, 2.24) is 5.32 Å². The average molecular weight is 207 g/mol. The molecule has 8 heteroatoms. The maximum Gasteiger partial charge on any atom is 0.267 e. The Bertz CT molecular complexity index is 446. The molecule has 2 heterocycles. The van der Waals surface area contributed by atoms with Gasteiger partial charge in [0, 0.05) is 0 Å². The van der Waals surface area contributed by atoms with Crippen LogP contribution in [0.15, 0.2) is 20.0 Å². The van der Waals surface area contributed by atoms with E-state index in [2.05, 4.69) is 25.3 Å². The Morgan fingerprint density at radius 3 is 2.93 bits per heavy atom. The molecule has 1 unspecified atom stereocenters. The molecule has 0 saturated carbocycles. The first-order valence-electron chi connectivity index (χ1n) is 4.14. The van der Waals surface area contributed by atoms with Gasteiger partial charge in [0.15, 0.2) is 5.84 Å². The summed E-state index contributed by atoms with van der Waals surface area (Å²) in [4.78, 5) is 26.9. The summed E-state index contributed by atoms with van der Waals surface area (Å²) < 4.78 is 0. The molecule has 0 aromatic carbocycles.